The van der Waals surface area contributed by atoms with E-state index in [-0.39, 0.29) is 17.7 Å². The fourth-order valence-electron chi connectivity index (χ4n) is 7.89. The van der Waals surface area contributed by atoms with E-state index >= 15 is 0 Å². The lowest BCUT2D eigenvalue weighted by Crippen LogP contribution is -2.54. The van der Waals surface area contributed by atoms with Crippen LogP contribution in [0, 0.1) is 11.8 Å². The Bertz CT molecular complexity index is 2080. The van der Waals surface area contributed by atoms with Gasteiger partial charge in [-0.2, -0.15) is 5.10 Å². The van der Waals surface area contributed by atoms with Crippen LogP contribution in [0.5, 0.6) is 0 Å². The first-order valence-electron chi connectivity index (χ1n) is 14.5. The first kappa shape index (κ1) is 24.1. The van der Waals surface area contributed by atoms with Gasteiger partial charge in [0.25, 0.3) is 0 Å². The van der Waals surface area contributed by atoms with Crippen molar-refractivity contribution in [2.24, 2.45) is 16.9 Å². The predicted molar refractivity (Wildman–Crippen MR) is 167 cm³/mol. The molecule has 43 heavy (non-hydrogen) atoms. The second kappa shape index (κ2) is 8.72. The summed E-state index contributed by atoms with van der Waals surface area (Å²) in [5.41, 5.74) is 8.63. The molecule has 1 aromatic heterocycles. The summed E-state index contributed by atoms with van der Waals surface area (Å²) in [6, 6.07) is 37.8. The lowest BCUT2D eigenvalue weighted by Gasteiger charge is -2.52. The number of nitrogens with zero attached hydrogens (tertiary/aromatic N) is 3. The van der Waals surface area contributed by atoms with Gasteiger partial charge in [-0.3, -0.25) is 9.59 Å². The Kier molecular flexibility index (Phi) is 4.88. The number of imide groups is 1. The number of carbonyl (C=O) groups is 2. The van der Waals surface area contributed by atoms with E-state index in [1.165, 1.54) is 4.90 Å². The molecule has 2 amide bonds. The Morgan fingerprint density at radius 1 is 0.767 bits per heavy atom. The average molecular weight is 560 g/mol. The number of imidazole rings is 1. The minimum atomic E-state index is -0.961. The number of fused-ring (bicyclic) bond motifs is 2. The summed E-state index contributed by atoms with van der Waals surface area (Å²) < 4.78 is 0. The van der Waals surface area contributed by atoms with E-state index in [2.05, 4.69) is 39.7 Å². The first-order chi connectivity index (χ1) is 21.2. The van der Waals surface area contributed by atoms with Crippen LogP contribution in [-0.4, -0.2) is 28.0 Å². The Morgan fingerprint density at radius 2 is 1.44 bits per heavy atom. The fraction of sp³-hybridized carbons (Fsp3) is 0.111. The second-order valence-corrected chi connectivity index (χ2v) is 11.5. The summed E-state index contributed by atoms with van der Waals surface area (Å²) in [4.78, 5) is 38.6. The number of rotatable bonds is 4. The van der Waals surface area contributed by atoms with Crippen molar-refractivity contribution in [2.45, 2.75) is 11.3 Å². The van der Waals surface area contributed by atoms with Gasteiger partial charge in [-0.25, -0.2) is 15.3 Å². The zero-order valence-electron chi connectivity index (χ0n) is 22.9. The van der Waals surface area contributed by atoms with Crippen molar-refractivity contribution in [1.82, 2.24) is 9.97 Å². The highest BCUT2D eigenvalue weighted by atomic mass is 16.2. The largest absolute Gasteiger partial charge is 0.323 e. The van der Waals surface area contributed by atoms with Crippen LogP contribution >= 0.6 is 0 Å². The molecule has 7 heteroatoms. The summed E-state index contributed by atoms with van der Waals surface area (Å²) in [5.74, 6) is -1.31. The van der Waals surface area contributed by atoms with Gasteiger partial charge in [-0.05, 0) is 45.8 Å². The second-order valence-electron chi connectivity index (χ2n) is 11.5. The molecule has 2 heterocycles. The number of nitrogens with one attached hydrogen (secondary N) is 2. The molecule has 206 valence electrons. The number of carbonyl (C=O) groups excluding carboxylic acids is 2. The van der Waals surface area contributed by atoms with Gasteiger partial charge >= 0.3 is 0 Å². The number of hydrogen-bond donors (Lipinski definition) is 2. The summed E-state index contributed by atoms with van der Waals surface area (Å²) in [6.45, 7) is 0. The maximum Gasteiger partial charge on any atom is 0.239 e. The third-order valence-electron chi connectivity index (χ3n) is 9.52. The highest BCUT2D eigenvalue weighted by Crippen LogP contribution is 2.63. The monoisotopic (exact) mass is 559 g/mol. The maximum atomic E-state index is 14.8. The average Bonchev–Trinajstić information content (AvgIpc) is 3.59. The van der Waals surface area contributed by atoms with E-state index in [1.807, 2.05) is 97.2 Å². The third kappa shape index (κ3) is 3.13. The number of para-hydroxylation sites is 2. The highest BCUT2D eigenvalue weighted by molar-refractivity contribution is 6.27. The number of amides is 2. The number of benzene rings is 5. The SMILES string of the molecule is O=C1[C@@H]2C3c4ccccc4C(/C=N\Nc4nc5ccccc5[nH]4)(c4ccccc43)[C@H]2C(=O)N1c1cccc2ccccc12. The Labute approximate surface area is 246 Å². The maximum absolute atomic E-state index is 14.8. The molecule has 6 aromatic rings. The van der Waals surface area contributed by atoms with Crippen molar-refractivity contribution in [1.29, 1.82) is 0 Å². The molecule has 2 N–H and O–H groups in total. The fourth-order valence-corrected chi connectivity index (χ4v) is 7.89. The third-order valence-corrected chi connectivity index (χ3v) is 9.52. The Balaban J connectivity index is 1.25. The van der Waals surface area contributed by atoms with Crippen LogP contribution in [0.3, 0.4) is 0 Å². The number of hydrazone groups is 1. The normalized spacial score (nSPS) is 23.6. The molecule has 0 radical (unpaired) electrons. The zero-order chi connectivity index (χ0) is 28.7. The van der Waals surface area contributed by atoms with Crippen molar-refractivity contribution < 1.29 is 9.59 Å². The summed E-state index contributed by atoms with van der Waals surface area (Å²) in [6.07, 6.45) is 1.84. The van der Waals surface area contributed by atoms with Gasteiger partial charge < -0.3 is 4.98 Å². The number of hydrogen-bond acceptors (Lipinski definition) is 5. The quantitative estimate of drug-likeness (QED) is 0.149. The van der Waals surface area contributed by atoms with Gasteiger partial charge in [0.15, 0.2) is 0 Å². The highest BCUT2D eigenvalue weighted by Gasteiger charge is 2.68. The standard InChI is InChI=1S/C36H25N5O2/c42-33-31-30-23-13-3-5-15-25(23)36(26-16-6-4-14-24(26)30,20-37-40-35-38-27-17-7-8-18-28(27)39-35)32(31)34(43)41(33)29-19-9-11-21-10-1-2-12-22(21)29/h1-20,30-32H,(H2,38,39,40)/b37-20-/t30?,31-,32-,36?/m1/s1. The van der Waals surface area contributed by atoms with Gasteiger partial charge in [0.2, 0.25) is 17.8 Å². The van der Waals surface area contributed by atoms with Crippen LogP contribution in [-0.2, 0) is 15.0 Å². The molecule has 2 bridgehead atoms. The molecule has 0 unspecified atom stereocenters. The summed E-state index contributed by atoms with van der Waals surface area (Å²) in [5, 5.41) is 6.60. The van der Waals surface area contributed by atoms with E-state index in [0.29, 0.717) is 11.6 Å². The summed E-state index contributed by atoms with van der Waals surface area (Å²) in [7, 11) is 0. The number of aromatic amines is 1. The molecule has 1 fully saturated rings. The molecule has 1 aliphatic heterocycles. The molecule has 4 aliphatic rings. The van der Waals surface area contributed by atoms with Crippen molar-refractivity contribution in [3.05, 3.63) is 138 Å². The minimum absolute atomic E-state index is 0.164. The van der Waals surface area contributed by atoms with Crippen LogP contribution < -0.4 is 10.3 Å². The van der Waals surface area contributed by atoms with Gasteiger partial charge in [0.05, 0.1) is 34.0 Å². The molecule has 0 saturated carbocycles. The van der Waals surface area contributed by atoms with Crippen LogP contribution in [0.25, 0.3) is 21.8 Å². The van der Waals surface area contributed by atoms with Crippen molar-refractivity contribution >= 4 is 51.5 Å². The molecule has 3 aliphatic carbocycles. The number of aromatic nitrogens is 2. The van der Waals surface area contributed by atoms with E-state index < -0.39 is 17.3 Å². The predicted octanol–water partition coefficient (Wildman–Crippen LogP) is 6.36. The van der Waals surface area contributed by atoms with Crippen molar-refractivity contribution in [2.75, 3.05) is 10.3 Å². The summed E-state index contributed by atoms with van der Waals surface area (Å²) >= 11 is 0. The van der Waals surface area contributed by atoms with Gasteiger partial charge in [-0.1, -0.05) is 97.1 Å². The molecule has 10 rings (SSSR count). The van der Waals surface area contributed by atoms with Crippen LogP contribution in [0.4, 0.5) is 11.6 Å². The van der Waals surface area contributed by atoms with Crippen LogP contribution in [0.1, 0.15) is 28.2 Å². The van der Waals surface area contributed by atoms with Crippen molar-refractivity contribution in [3.63, 3.8) is 0 Å². The first-order valence-corrected chi connectivity index (χ1v) is 14.5. The lowest BCUT2D eigenvalue weighted by atomic mass is 9.47. The van der Waals surface area contributed by atoms with Crippen molar-refractivity contribution in [3.8, 4) is 0 Å². The van der Waals surface area contributed by atoms with E-state index in [9.17, 15) is 9.59 Å². The van der Waals surface area contributed by atoms with Crippen LogP contribution in [0.15, 0.2) is 120 Å². The molecule has 1 saturated heterocycles. The topological polar surface area (TPSA) is 90.5 Å². The molecular weight excluding hydrogens is 534 g/mol. The number of H-pyrrole nitrogens is 1. The molecule has 7 nitrogen and oxygen atoms in total. The molecule has 5 aromatic carbocycles. The molecular formula is C36H25N5O2. The lowest BCUT2D eigenvalue weighted by molar-refractivity contribution is -0.122. The van der Waals surface area contributed by atoms with E-state index in [0.717, 1.165) is 44.1 Å². The smallest absolute Gasteiger partial charge is 0.239 e. The van der Waals surface area contributed by atoms with E-state index in [1.54, 1.807) is 0 Å². The van der Waals surface area contributed by atoms with Gasteiger partial charge in [-0.15, -0.1) is 0 Å². The Morgan fingerprint density at radius 3 is 2.23 bits per heavy atom. The van der Waals surface area contributed by atoms with Gasteiger partial charge in [0, 0.05) is 17.5 Å². The van der Waals surface area contributed by atoms with E-state index in [4.69, 9.17) is 5.10 Å². The van der Waals surface area contributed by atoms with Gasteiger partial charge in [0.1, 0.15) is 0 Å². The Hall–Kier alpha value is -5.56. The molecule has 0 spiro atoms. The zero-order valence-corrected chi connectivity index (χ0v) is 22.9. The minimum Gasteiger partial charge on any atom is -0.323 e. The number of anilines is 2. The van der Waals surface area contributed by atoms with Crippen LogP contribution in [0.2, 0.25) is 0 Å². The molecule has 2 atom stereocenters.